The van der Waals surface area contributed by atoms with Gasteiger partial charge in [0.2, 0.25) is 0 Å². The second-order valence-electron chi connectivity index (χ2n) is 8.69. The fraction of sp³-hybridized carbons (Fsp3) is 0.214. The number of hydrogen-bond acceptors (Lipinski definition) is 3. The Kier molecular flexibility index (Phi) is 4.93. The van der Waals surface area contributed by atoms with Crippen molar-refractivity contribution in [3.8, 4) is 0 Å². The van der Waals surface area contributed by atoms with Crippen LogP contribution in [-0.2, 0) is 22.6 Å². The number of nitrogens with zero attached hydrogens (tertiary/aromatic N) is 2. The van der Waals surface area contributed by atoms with E-state index in [-0.39, 0.29) is 11.8 Å². The van der Waals surface area contributed by atoms with E-state index in [0.29, 0.717) is 30.0 Å². The molecule has 5 rings (SSSR count). The van der Waals surface area contributed by atoms with E-state index < -0.39 is 0 Å². The molecule has 0 spiro atoms. The van der Waals surface area contributed by atoms with E-state index in [1.165, 1.54) is 16.0 Å². The van der Waals surface area contributed by atoms with Gasteiger partial charge in [0.25, 0.3) is 11.8 Å². The number of rotatable bonds is 3. The van der Waals surface area contributed by atoms with Gasteiger partial charge >= 0.3 is 0 Å². The first-order valence-electron chi connectivity index (χ1n) is 11.0. The van der Waals surface area contributed by atoms with Gasteiger partial charge in [-0.05, 0) is 61.1 Å². The van der Waals surface area contributed by atoms with Crippen molar-refractivity contribution in [3.63, 3.8) is 0 Å². The Morgan fingerprint density at radius 3 is 2.22 bits per heavy atom. The number of imide groups is 1. The lowest BCUT2D eigenvalue weighted by atomic mass is 9.97. The van der Waals surface area contributed by atoms with E-state index in [9.17, 15) is 9.59 Å². The molecule has 0 radical (unpaired) electrons. The van der Waals surface area contributed by atoms with Gasteiger partial charge in [-0.25, -0.2) is 4.90 Å². The van der Waals surface area contributed by atoms with E-state index in [4.69, 9.17) is 0 Å². The quantitative estimate of drug-likeness (QED) is 0.561. The molecule has 3 aromatic carbocycles. The number of benzene rings is 3. The van der Waals surface area contributed by atoms with Gasteiger partial charge in [-0.15, -0.1) is 0 Å². The summed E-state index contributed by atoms with van der Waals surface area (Å²) < 4.78 is 0. The third-order valence-electron chi connectivity index (χ3n) is 6.66. The lowest BCUT2D eigenvalue weighted by Gasteiger charge is -2.31. The van der Waals surface area contributed by atoms with Crippen LogP contribution in [0.5, 0.6) is 0 Å². The summed E-state index contributed by atoms with van der Waals surface area (Å²) in [7, 11) is 0. The van der Waals surface area contributed by atoms with Crippen LogP contribution in [0.15, 0.2) is 72.4 Å². The van der Waals surface area contributed by atoms with E-state index in [1.807, 2.05) is 69.3 Å². The van der Waals surface area contributed by atoms with Crippen molar-refractivity contribution < 1.29 is 9.59 Å². The number of amides is 2. The Balaban J connectivity index is 1.64. The van der Waals surface area contributed by atoms with Crippen LogP contribution in [-0.4, -0.2) is 23.3 Å². The van der Waals surface area contributed by atoms with Crippen LogP contribution in [0.4, 0.5) is 5.69 Å². The highest BCUT2D eigenvalue weighted by Crippen LogP contribution is 2.38. The lowest BCUT2D eigenvalue weighted by molar-refractivity contribution is -0.120. The van der Waals surface area contributed by atoms with Crippen LogP contribution in [0.1, 0.15) is 33.4 Å². The molecule has 2 aliphatic rings. The number of aryl methyl sites for hydroxylation is 2. The highest BCUT2D eigenvalue weighted by atomic mass is 16.2. The molecule has 32 heavy (non-hydrogen) atoms. The molecule has 0 unspecified atom stereocenters. The first-order valence-corrected chi connectivity index (χ1v) is 11.0. The van der Waals surface area contributed by atoms with Crippen molar-refractivity contribution in [1.82, 2.24) is 4.90 Å². The van der Waals surface area contributed by atoms with Gasteiger partial charge in [0.1, 0.15) is 5.70 Å². The van der Waals surface area contributed by atoms with Crippen molar-refractivity contribution in [2.45, 2.75) is 33.7 Å². The van der Waals surface area contributed by atoms with Gasteiger partial charge in [-0.1, -0.05) is 66.2 Å². The maximum absolute atomic E-state index is 13.8. The van der Waals surface area contributed by atoms with Crippen LogP contribution in [0.3, 0.4) is 0 Å². The molecule has 0 saturated carbocycles. The fourth-order valence-corrected chi connectivity index (χ4v) is 4.68. The third-order valence-corrected chi connectivity index (χ3v) is 6.66. The van der Waals surface area contributed by atoms with E-state index in [2.05, 4.69) is 23.1 Å². The zero-order valence-electron chi connectivity index (χ0n) is 18.7. The largest absolute Gasteiger partial charge is 0.362 e. The van der Waals surface area contributed by atoms with Crippen molar-refractivity contribution >= 4 is 23.1 Å². The van der Waals surface area contributed by atoms with Gasteiger partial charge in [-0.3, -0.25) is 9.59 Å². The van der Waals surface area contributed by atoms with Crippen molar-refractivity contribution in [1.29, 1.82) is 0 Å². The Morgan fingerprint density at radius 2 is 1.47 bits per heavy atom. The highest BCUT2D eigenvalue weighted by molar-refractivity contribution is 6.45. The monoisotopic (exact) mass is 422 g/mol. The van der Waals surface area contributed by atoms with Crippen LogP contribution >= 0.6 is 0 Å². The Bertz CT molecular complexity index is 1270. The molecule has 4 nitrogen and oxygen atoms in total. The molecule has 3 aromatic rings. The first-order chi connectivity index (χ1) is 15.5. The average Bonchev–Trinajstić information content (AvgIpc) is 3.06. The minimum Gasteiger partial charge on any atom is -0.362 e. The summed E-state index contributed by atoms with van der Waals surface area (Å²) in [4.78, 5) is 31.1. The Labute approximate surface area is 188 Å². The van der Waals surface area contributed by atoms with Crippen LogP contribution in [0.25, 0.3) is 5.57 Å². The molecule has 0 bridgehead atoms. The lowest BCUT2D eigenvalue weighted by Crippen LogP contribution is -2.37. The molecule has 160 valence electrons. The van der Waals surface area contributed by atoms with Crippen molar-refractivity contribution in [2.75, 3.05) is 11.4 Å². The summed E-state index contributed by atoms with van der Waals surface area (Å²) in [5, 5.41) is 0. The maximum atomic E-state index is 13.8. The van der Waals surface area contributed by atoms with Crippen molar-refractivity contribution in [3.05, 3.63) is 106 Å². The summed E-state index contributed by atoms with van der Waals surface area (Å²) in [6.45, 7) is 7.32. The SMILES string of the molecule is Cc1ccc(C2=C(N3CCc4ccccc4C3)C(=O)N(c3cccc(C)c3C)C2=O)cc1. The molecule has 2 aliphatic heterocycles. The van der Waals surface area contributed by atoms with Gasteiger partial charge in [0.05, 0.1) is 11.3 Å². The zero-order chi connectivity index (χ0) is 22.4. The summed E-state index contributed by atoms with van der Waals surface area (Å²) in [5.41, 5.74) is 8.09. The third kappa shape index (κ3) is 3.23. The number of carbonyl (C=O) groups excluding carboxylic acids is 2. The van der Waals surface area contributed by atoms with Gasteiger partial charge < -0.3 is 4.90 Å². The number of carbonyl (C=O) groups is 2. The Hall–Kier alpha value is -3.66. The summed E-state index contributed by atoms with van der Waals surface area (Å²) in [6.07, 6.45) is 0.853. The van der Waals surface area contributed by atoms with Gasteiger partial charge in [-0.2, -0.15) is 0 Å². The highest BCUT2D eigenvalue weighted by Gasteiger charge is 2.43. The molecule has 0 aromatic heterocycles. The van der Waals surface area contributed by atoms with E-state index in [0.717, 1.165) is 28.7 Å². The van der Waals surface area contributed by atoms with Crippen LogP contribution in [0.2, 0.25) is 0 Å². The normalized spacial score (nSPS) is 16.1. The smallest absolute Gasteiger partial charge is 0.282 e. The molecule has 2 heterocycles. The van der Waals surface area contributed by atoms with Crippen LogP contribution in [0, 0.1) is 20.8 Å². The van der Waals surface area contributed by atoms with Gasteiger partial charge in [0, 0.05) is 13.1 Å². The molecule has 0 fully saturated rings. The molecule has 2 amide bonds. The second kappa shape index (κ2) is 7.79. The second-order valence-corrected chi connectivity index (χ2v) is 8.69. The number of anilines is 1. The summed E-state index contributed by atoms with van der Waals surface area (Å²) in [6, 6.07) is 22.0. The fourth-order valence-electron chi connectivity index (χ4n) is 4.68. The predicted octanol–water partition coefficient (Wildman–Crippen LogP) is 4.95. The molecular formula is C28H26N2O2. The molecular weight excluding hydrogens is 396 g/mol. The topological polar surface area (TPSA) is 40.6 Å². The van der Waals surface area contributed by atoms with Crippen molar-refractivity contribution in [2.24, 2.45) is 0 Å². The minimum atomic E-state index is -0.249. The minimum absolute atomic E-state index is 0.237. The zero-order valence-corrected chi connectivity index (χ0v) is 18.7. The number of fused-ring (bicyclic) bond motifs is 1. The van der Waals surface area contributed by atoms with Gasteiger partial charge in [0.15, 0.2) is 0 Å². The molecule has 4 heteroatoms. The molecule has 0 aliphatic carbocycles. The predicted molar refractivity (Wildman–Crippen MR) is 127 cm³/mol. The maximum Gasteiger partial charge on any atom is 0.282 e. The van der Waals surface area contributed by atoms with Crippen LogP contribution < -0.4 is 4.90 Å². The first kappa shape index (κ1) is 20.3. The number of hydrogen-bond donors (Lipinski definition) is 0. The molecule has 0 atom stereocenters. The molecule has 0 N–H and O–H groups in total. The average molecular weight is 423 g/mol. The van der Waals surface area contributed by atoms with E-state index >= 15 is 0 Å². The van der Waals surface area contributed by atoms with E-state index in [1.54, 1.807) is 0 Å². The Morgan fingerprint density at radius 1 is 0.750 bits per heavy atom. The molecule has 0 saturated heterocycles. The standard InChI is InChI=1S/C28H26N2O2/c1-18-11-13-22(14-12-18)25-26(29-16-15-21-8-4-5-9-23(21)17-29)28(32)30(27(25)31)24-10-6-7-19(2)20(24)3/h4-14H,15-17H2,1-3H3. The summed E-state index contributed by atoms with van der Waals surface area (Å²) in [5.74, 6) is -0.486. The summed E-state index contributed by atoms with van der Waals surface area (Å²) >= 11 is 0.